The van der Waals surface area contributed by atoms with Crippen molar-refractivity contribution in [2.75, 3.05) is 24.7 Å². The maximum absolute atomic E-state index is 14.0. The molecule has 7 unspecified atom stereocenters. The van der Waals surface area contributed by atoms with E-state index in [9.17, 15) is 38.2 Å². The van der Waals surface area contributed by atoms with Crippen LogP contribution in [0.15, 0.2) is 198 Å². The van der Waals surface area contributed by atoms with Gasteiger partial charge in [0.25, 0.3) is 5.91 Å². The second-order valence-electron chi connectivity index (χ2n) is 21.8. The molecule has 5 heterocycles. The number of tetrazole rings is 1. The summed E-state index contributed by atoms with van der Waals surface area (Å²) in [5.41, 5.74) is 1.27. The molecule has 26 nitrogen and oxygen atoms in total. The number of hydrogen-bond donors (Lipinski definition) is 6. The standard InChI is InChI=1S/C30H24O7P2.C19H25NO4.C8H6N4O2S.C5H8N4O2.C3H4N2S3.Na/c31-38(30-22-11-4-12-23-30,33-25-14-5-1-6-15-25)34-28-20-13-21-29(24-28)37-39(32,35-26-16-7-2-8-17-26)36-27-18-9-3-10-19-27;1-4-20(15-7-5-6-14(11-15)18(22)23)17(21)16-19(24-16)9-8-12(2)10-13(19)3;13-7(14)5-1-3-6(4-2-5)12-8(15)9-10-11-12;1-9-3-2(7-5(9)11)6-4(10)8-3;1-7-3-5-4-2(6)8-3;/h1-24H;5-7,11-13,16H,4,8-10H2,1-3H3,(H,22,23);1-4H,(H,13,14)(H,9,11,15);2-3H,1H3,(H,7,11)(H2,6,8,10);1H3,(H,4,6);/q;;;;;+1/p-1. The number of urea groups is 2. The molecular weight excluding hydrogens is 1390 g/mol. The summed E-state index contributed by atoms with van der Waals surface area (Å²) >= 11 is 12.8. The van der Waals surface area contributed by atoms with Crippen molar-refractivity contribution in [1.82, 2.24) is 51.3 Å². The number of rotatable bonds is 18. The van der Waals surface area contributed by atoms with Gasteiger partial charge in [0.1, 0.15) is 46.7 Å². The number of hydrogen-bond acceptors (Lipinski definition) is 21. The number of phosphoric acid groups is 1. The van der Waals surface area contributed by atoms with Gasteiger partial charge in [0.15, 0.2) is 14.4 Å². The minimum atomic E-state index is -4.22. The average molecular weight is 1450 g/mol. The Morgan fingerprint density at radius 3 is 1.81 bits per heavy atom. The van der Waals surface area contributed by atoms with Gasteiger partial charge in [-0.3, -0.25) is 9.89 Å². The Kier molecular flexibility index (Phi) is 26.6. The van der Waals surface area contributed by atoms with Gasteiger partial charge in [-0.15, -0.1) is 0 Å². The van der Waals surface area contributed by atoms with Crippen LogP contribution in [0.1, 0.15) is 60.7 Å². The van der Waals surface area contributed by atoms with Crippen molar-refractivity contribution in [3.8, 4) is 34.4 Å². The van der Waals surface area contributed by atoms with Crippen molar-refractivity contribution in [2.45, 2.75) is 68.4 Å². The van der Waals surface area contributed by atoms with Crippen molar-refractivity contribution in [2.24, 2.45) is 11.8 Å². The minimum Gasteiger partial charge on any atom is -0.545 e. The topological polar surface area (TPSA) is 339 Å². The first-order valence-corrected chi connectivity index (χ1v) is 35.8. The molecular formula is C65H66N11NaO15P2S4. The van der Waals surface area contributed by atoms with E-state index in [4.69, 9.17) is 56.9 Å². The van der Waals surface area contributed by atoms with E-state index in [-0.39, 0.29) is 92.9 Å². The zero-order valence-electron chi connectivity index (χ0n) is 53.6. The largest absolute Gasteiger partial charge is 1.00 e. The Balaban J connectivity index is 0.000000175. The first kappa shape index (κ1) is 75.1. The zero-order chi connectivity index (χ0) is 69.3. The molecule has 9 aromatic rings. The molecule has 33 heteroatoms. The molecule has 7 atom stereocenters. The number of fused-ring (bicyclic) bond motifs is 1. The van der Waals surface area contributed by atoms with Gasteiger partial charge in [0.2, 0.25) is 4.77 Å². The third-order valence-electron chi connectivity index (χ3n) is 15.1. The number of aromatic amines is 2. The number of thioether (sulfide) groups is 1. The van der Waals surface area contributed by atoms with Gasteiger partial charge in [-0.25, -0.2) is 23.6 Å². The fourth-order valence-corrected chi connectivity index (χ4v) is 14.7. The number of carboxylic acids is 2. The number of phosphoric ester groups is 1. The van der Waals surface area contributed by atoms with Crippen LogP contribution >= 0.6 is 63.0 Å². The maximum Gasteiger partial charge on any atom is 1.00 e. The molecule has 1 aliphatic carbocycles. The Morgan fingerprint density at radius 2 is 1.30 bits per heavy atom. The van der Waals surface area contributed by atoms with E-state index in [0.29, 0.717) is 52.3 Å². The zero-order valence-corrected chi connectivity index (χ0v) is 60.6. The van der Waals surface area contributed by atoms with Crippen molar-refractivity contribution >= 4 is 104 Å². The molecule has 13 rings (SSSR count). The number of para-hydroxylation sites is 3. The van der Waals surface area contributed by atoms with Gasteiger partial charge in [-0.05, 0) is 165 Å². The molecule has 4 aliphatic rings. The molecule has 7 aromatic carbocycles. The molecule has 3 saturated heterocycles. The van der Waals surface area contributed by atoms with Crippen molar-refractivity contribution in [3.05, 3.63) is 214 Å². The minimum absolute atomic E-state index is 0. The van der Waals surface area contributed by atoms with E-state index in [1.807, 2.05) is 25.3 Å². The normalized spacial score (nSPS) is 18.9. The van der Waals surface area contributed by atoms with Gasteiger partial charge < -0.3 is 68.1 Å². The van der Waals surface area contributed by atoms with Crippen LogP contribution in [0.25, 0.3) is 5.69 Å². The summed E-state index contributed by atoms with van der Waals surface area (Å²) in [5.74, 6) is 0.0591. The summed E-state index contributed by atoms with van der Waals surface area (Å²) in [6.07, 6.45) is 4.17. The predicted molar refractivity (Wildman–Crippen MR) is 367 cm³/mol. The van der Waals surface area contributed by atoms with E-state index in [0.717, 1.165) is 27.6 Å². The Bertz CT molecular complexity index is 4350. The van der Waals surface area contributed by atoms with E-state index >= 15 is 0 Å². The number of epoxide rings is 1. The molecule has 4 fully saturated rings. The number of anilines is 1. The van der Waals surface area contributed by atoms with Crippen LogP contribution in [-0.2, 0) is 18.7 Å². The first-order chi connectivity index (χ1) is 46.6. The Labute approximate surface area is 604 Å². The Hall–Kier alpha value is -8.67. The Morgan fingerprint density at radius 1 is 0.745 bits per heavy atom. The number of carboxylic acid groups (broad SMARTS) is 2. The summed E-state index contributed by atoms with van der Waals surface area (Å²) in [4.78, 5) is 59.3. The number of ether oxygens (including phenoxy) is 1. The first-order valence-electron chi connectivity index (χ1n) is 29.9. The fraction of sp³-hybridized carbons (Fsp3) is 0.231. The molecule has 1 spiro atoms. The van der Waals surface area contributed by atoms with Crippen LogP contribution in [0.3, 0.4) is 0 Å². The van der Waals surface area contributed by atoms with Crippen LogP contribution in [-0.4, -0.2) is 114 Å². The number of H-pyrrole nitrogens is 2. The summed E-state index contributed by atoms with van der Waals surface area (Å²) in [5, 5.41) is 44.0. The molecule has 1 saturated carbocycles. The smallest absolute Gasteiger partial charge is 0.545 e. The van der Waals surface area contributed by atoms with E-state index in [1.165, 1.54) is 45.2 Å². The van der Waals surface area contributed by atoms with Crippen LogP contribution in [0.5, 0.6) is 28.7 Å². The second kappa shape index (κ2) is 34.7. The SMILES string of the molecule is CCN(C(=O)C1OC12CCC(C)CC2C)c1cccc(C(=O)O)c1.CN1C(=O)NC2NC(=O)NC21.CSc1n[nH]c(=S)s1.O=C([O-])c1ccc(-n2[nH]nnc2=S)cc1.O=P(Oc1ccccc1)(Oc1ccccc1)Oc1cccc(OP(=O)(Oc2ccccc2)c2ccccc2)c1.[Na+]. The average Bonchev–Trinajstić information content (AvgIpc) is 1.56. The number of benzene rings is 7. The summed E-state index contributed by atoms with van der Waals surface area (Å²) in [6, 6.07) is 52.9. The summed E-state index contributed by atoms with van der Waals surface area (Å²) in [7, 11) is -6.48. The molecule has 2 aromatic heterocycles. The number of carbonyl (C=O) groups is 5. The predicted octanol–water partition coefficient (Wildman–Crippen LogP) is 8.86. The van der Waals surface area contributed by atoms with Crippen LogP contribution < -0.4 is 83.4 Å². The second-order valence-corrected chi connectivity index (χ2v) is 28.2. The molecule has 5 amide bonds. The summed E-state index contributed by atoms with van der Waals surface area (Å²) < 4.78 is 66.3. The summed E-state index contributed by atoms with van der Waals surface area (Å²) in [6.45, 7) is 6.80. The van der Waals surface area contributed by atoms with Gasteiger partial charge in [0.05, 0.1) is 22.5 Å². The number of aromatic carboxylic acids is 2. The van der Waals surface area contributed by atoms with Crippen LogP contribution in [0.4, 0.5) is 15.3 Å². The van der Waals surface area contributed by atoms with E-state index in [2.05, 4.69) is 55.5 Å². The molecule has 98 heavy (non-hydrogen) atoms. The van der Waals surface area contributed by atoms with Crippen molar-refractivity contribution < 1.29 is 100 Å². The molecule has 0 bridgehead atoms. The van der Waals surface area contributed by atoms with Crippen molar-refractivity contribution in [1.29, 1.82) is 0 Å². The number of carbonyl (C=O) groups excluding carboxylic acids is 4. The van der Waals surface area contributed by atoms with Gasteiger partial charge in [-0.2, -0.15) is 14.9 Å². The number of likely N-dealkylation sites (N-methyl/N-ethyl adjacent to an activating group) is 2. The van der Waals surface area contributed by atoms with Crippen LogP contribution in [0, 0.1) is 20.6 Å². The van der Waals surface area contributed by atoms with Gasteiger partial charge in [-0.1, -0.05) is 144 Å². The van der Waals surface area contributed by atoms with Crippen molar-refractivity contribution in [3.63, 3.8) is 0 Å². The van der Waals surface area contributed by atoms with E-state index in [1.54, 1.807) is 181 Å². The molecule has 0 radical (unpaired) electrons. The quantitative estimate of drug-likeness (QED) is 0.0153. The third kappa shape index (κ3) is 20.0. The number of nitrogens with one attached hydrogen (secondary N) is 5. The molecule has 506 valence electrons. The number of aromatic nitrogens is 6. The molecule has 6 N–H and O–H groups in total. The fourth-order valence-electron chi connectivity index (χ4n) is 10.2. The number of nitrogens with zero attached hydrogens (tertiary/aromatic N) is 6. The number of amides is 5. The maximum atomic E-state index is 14.0. The van der Waals surface area contributed by atoms with Crippen LogP contribution in [0.2, 0.25) is 0 Å². The van der Waals surface area contributed by atoms with Gasteiger partial charge >= 0.3 is 63.0 Å². The third-order valence-corrected chi connectivity index (χ3v) is 20.6. The monoisotopic (exact) mass is 1450 g/mol. The van der Waals surface area contributed by atoms with E-state index < -0.39 is 33.5 Å². The van der Waals surface area contributed by atoms with Gasteiger partial charge in [0, 0.05) is 25.3 Å². The molecule has 3 aliphatic heterocycles.